The number of fused-ring (bicyclic) bond motifs is 1. The molecular weight excluding hydrogens is 348 g/mol. The molecule has 1 fully saturated rings. The first-order valence-electron chi connectivity index (χ1n) is 9.40. The van der Waals surface area contributed by atoms with Crippen molar-refractivity contribution in [3.8, 4) is 0 Å². The zero-order valence-corrected chi connectivity index (χ0v) is 15.4. The summed E-state index contributed by atoms with van der Waals surface area (Å²) in [5.41, 5.74) is 3.56. The molecule has 4 nitrogen and oxygen atoms in total. The van der Waals surface area contributed by atoms with E-state index in [1.165, 1.54) is 23.4 Å². The monoisotopic (exact) mass is 371 g/mol. The van der Waals surface area contributed by atoms with Crippen LogP contribution in [0.15, 0.2) is 30.3 Å². The molecule has 2 aromatic rings. The fourth-order valence-corrected chi connectivity index (χ4v) is 3.92. The summed E-state index contributed by atoms with van der Waals surface area (Å²) in [5.74, 6) is -0.866. The Bertz CT molecular complexity index is 878. The van der Waals surface area contributed by atoms with Crippen LogP contribution in [0.1, 0.15) is 29.5 Å². The molecule has 0 saturated carbocycles. The summed E-state index contributed by atoms with van der Waals surface area (Å²) in [6.07, 6.45) is 2.75. The van der Waals surface area contributed by atoms with Crippen molar-refractivity contribution in [1.29, 1.82) is 0 Å². The lowest BCUT2D eigenvalue weighted by molar-refractivity contribution is 0.204. The minimum absolute atomic E-state index is 0.0790. The van der Waals surface area contributed by atoms with Gasteiger partial charge in [-0.3, -0.25) is 0 Å². The molecule has 1 saturated heterocycles. The smallest absolute Gasteiger partial charge is 0.322 e. The van der Waals surface area contributed by atoms with Crippen LogP contribution in [0, 0.1) is 18.6 Å². The first-order chi connectivity index (χ1) is 13.0. The molecule has 2 aliphatic heterocycles. The van der Waals surface area contributed by atoms with Gasteiger partial charge in [0, 0.05) is 36.6 Å². The Kier molecular flexibility index (Phi) is 4.72. The van der Waals surface area contributed by atoms with Crippen LogP contribution in [0.25, 0.3) is 0 Å². The van der Waals surface area contributed by atoms with Crippen molar-refractivity contribution >= 4 is 17.4 Å². The number of nitrogens with one attached hydrogen (secondary N) is 1. The number of halogens is 2. The van der Waals surface area contributed by atoms with Gasteiger partial charge in [-0.15, -0.1) is 0 Å². The fraction of sp³-hybridized carbons (Fsp3) is 0.381. The van der Waals surface area contributed by atoms with E-state index in [1.807, 2.05) is 19.1 Å². The molecule has 6 heteroatoms. The number of benzene rings is 2. The molecule has 2 heterocycles. The van der Waals surface area contributed by atoms with E-state index in [2.05, 4.69) is 16.3 Å². The van der Waals surface area contributed by atoms with Crippen LogP contribution in [0.2, 0.25) is 0 Å². The van der Waals surface area contributed by atoms with Gasteiger partial charge in [-0.25, -0.2) is 13.6 Å². The molecule has 0 radical (unpaired) electrons. The number of nitrogens with zero attached hydrogens (tertiary/aromatic N) is 2. The predicted octanol–water partition coefficient (Wildman–Crippen LogP) is 4.46. The number of hydrogen-bond donors (Lipinski definition) is 1. The second-order valence-electron chi connectivity index (χ2n) is 7.28. The van der Waals surface area contributed by atoms with Gasteiger partial charge in [0.2, 0.25) is 0 Å². The zero-order chi connectivity index (χ0) is 19.0. The van der Waals surface area contributed by atoms with E-state index in [1.54, 1.807) is 0 Å². The maximum Gasteiger partial charge on any atom is 0.322 e. The molecule has 1 N–H and O–H groups in total. The second kappa shape index (κ2) is 7.18. The molecule has 0 bridgehead atoms. The highest BCUT2D eigenvalue weighted by molar-refractivity contribution is 5.90. The lowest BCUT2D eigenvalue weighted by atomic mass is 9.99. The van der Waals surface area contributed by atoms with E-state index < -0.39 is 11.6 Å². The summed E-state index contributed by atoms with van der Waals surface area (Å²) in [7, 11) is 0. The Morgan fingerprint density at radius 2 is 1.70 bits per heavy atom. The normalized spacial score (nSPS) is 16.4. The average molecular weight is 371 g/mol. The van der Waals surface area contributed by atoms with E-state index in [0.29, 0.717) is 18.5 Å². The summed E-state index contributed by atoms with van der Waals surface area (Å²) in [5, 5.41) is 2.91. The number of urea groups is 1. The Balaban J connectivity index is 1.47. The highest BCUT2D eigenvalue weighted by Crippen LogP contribution is 2.27. The Morgan fingerprint density at radius 3 is 2.41 bits per heavy atom. The van der Waals surface area contributed by atoms with Gasteiger partial charge in [0.05, 0.1) is 6.54 Å². The molecule has 0 atom stereocenters. The zero-order valence-electron chi connectivity index (χ0n) is 15.4. The number of aryl methyl sites for hydroxylation is 1. The van der Waals surface area contributed by atoms with Gasteiger partial charge in [-0.05, 0) is 67.6 Å². The van der Waals surface area contributed by atoms with E-state index in [0.717, 1.165) is 36.5 Å². The van der Waals surface area contributed by atoms with Crippen molar-refractivity contribution in [2.75, 3.05) is 29.9 Å². The topological polar surface area (TPSA) is 35.6 Å². The van der Waals surface area contributed by atoms with Crippen molar-refractivity contribution in [3.63, 3.8) is 0 Å². The Morgan fingerprint density at radius 1 is 1.00 bits per heavy atom. The van der Waals surface area contributed by atoms with Crippen LogP contribution in [0.5, 0.6) is 0 Å². The van der Waals surface area contributed by atoms with Crippen LogP contribution in [-0.4, -0.2) is 30.6 Å². The number of amides is 2. The summed E-state index contributed by atoms with van der Waals surface area (Å²) in [6, 6.07) is 8.00. The second-order valence-corrected chi connectivity index (χ2v) is 7.28. The quantitative estimate of drug-likeness (QED) is 0.846. The van der Waals surface area contributed by atoms with E-state index in [4.69, 9.17) is 0 Å². The maximum absolute atomic E-state index is 14.0. The molecule has 0 aromatic heterocycles. The van der Waals surface area contributed by atoms with Gasteiger partial charge in [0.25, 0.3) is 0 Å². The average Bonchev–Trinajstić information content (AvgIpc) is 3.21. The van der Waals surface area contributed by atoms with E-state index >= 15 is 0 Å². The van der Waals surface area contributed by atoms with Gasteiger partial charge >= 0.3 is 6.03 Å². The van der Waals surface area contributed by atoms with Crippen LogP contribution < -0.4 is 10.2 Å². The highest BCUT2D eigenvalue weighted by atomic mass is 19.1. The molecule has 2 aliphatic rings. The Labute approximate surface area is 157 Å². The molecule has 0 aliphatic carbocycles. The largest absolute Gasteiger partial charge is 0.372 e. The molecule has 0 unspecified atom stereocenters. The van der Waals surface area contributed by atoms with Crippen LogP contribution >= 0.6 is 0 Å². The Hall–Kier alpha value is -2.63. The van der Waals surface area contributed by atoms with Gasteiger partial charge in [0.1, 0.15) is 11.6 Å². The number of rotatable bonds is 2. The van der Waals surface area contributed by atoms with Crippen molar-refractivity contribution in [2.45, 2.75) is 32.7 Å². The molecule has 2 aromatic carbocycles. The highest BCUT2D eigenvalue weighted by Gasteiger charge is 2.25. The number of hydrogen-bond acceptors (Lipinski definition) is 2. The molecule has 0 spiro atoms. The third-order valence-electron chi connectivity index (χ3n) is 5.51. The summed E-state index contributed by atoms with van der Waals surface area (Å²) < 4.78 is 27.9. The van der Waals surface area contributed by atoms with Crippen LogP contribution in [-0.2, 0) is 13.0 Å². The number of carbonyl (C=O) groups is 1. The van der Waals surface area contributed by atoms with Crippen LogP contribution in [0.4, 0.5) is 25.0 Å². The van der Waals surface area contributed by atoms with Crippen molar-refractivity contribution < 1.29 is 13.6 Å². The minimum Gasteiger partial charge on any atom is -0.372 e. The van der Waals surface area contributed by atoms with Crippen molar-refractivity contribution in [1.82, 2.24) is 4.90 Å². The molecule has 4 rings (SSSR count). The third-order valence-corrected chi connectivity index (χ3v) is 5.51. The first kappa shape index (κ1) is 17.8. The molecular formula is C21H23F2N3O. The predicted molar refractivity (Wildman–Crippen MR) is 102 cm³/mol. The van der Waals surface area contributed by atoms with Gasteiger partial charge in [0.15, 0.2) is 0 Å². The molecule has 27 heavy (non-hydrogen) atoms. The summed E-state index contributed by atoms with van der Waals surface area (Å²) in [6.45, 7) is 4.55. The van der Waals surface area contributed by atoms with E-state index in [9.17, 15) is 13.6 Å². The van der Waals surface area contributed by atoms with Gasteiger partial charge in [-0.2, -0.15) is 0 Å². The first-order valence-corrected chi connectivity index (χ1v) is 9.40. The van der Waals surface area contributed by atoms with E-state index in [-0.39, 0.29) is 18.1 Å². The lowest BCUT2D eigenvalue weighted by Gasteiger charge is -2.29. The number of carbonyl (C=O) groups excluding carboxylic acids is 1. The molecule has 142 valence electrons. The maximum atomic E-state index is 14.0. The standard InChI is InChI=1S/C21H23F2N3O/c1-14-12-15(25-9-2-3-10-25)4-7-20(14)24-21(27)26-11-8-16-17(13-26)19(23)6-5-18(16)22/h4-7,12H,2-3,8-11,13H2,1H3,(H,24,27). The van der Waals surface area contributed by atoms with Crippen LogP contribution in [0.3, 0.4) is 0 Å². The van der Waals surface area contributed by atoms with Crippen molar-refractivity contribution in [2.24, 2.45) is 0 Å². The van der Waals surface area contributed by atoms with Gasteiger partial charge in [-0.1, -0.05) is 0 Å². The SMILES string of the molecule is Cc1cc(N2CCCC2)ccc1NC(=O)N1CCc2c(F)ccc(F)c2C1. The van der Waals surface area contributed by atoms with Gasteiger partial charge < -0.3 is 15.1 Å². The number of anilines is 2. The minimum atomic E-state index is -0.463. The third kappa shape index (κ3) is 3.48. The lowest BCUT2D eigenvalue weighted by Crippen LogP contribution is -2.39. The molecule has 2 amide bonds. The van der Waals surface area contributed by atoms with Crippen molar-refractivity contribution in [3.05, 3.63) is 58.7 Å². The summed E-state index contributed by atoms with van der Waals surface area (Å²) >= 11 is 0. The fourth-order valence-electron chi connectivity index (χ4n) is 3.92. The summed E-state index contributed by atoms with van der Waals surface area (Å²) in [4.78, 5) is 16.5.